The van der Waals surface area contributed by atoms with Gasteiger partial charge in [-0.2, -0.15) is 4.98 Å². The third-order valence-electron chi connectivity index (χ3n) is 5.90. The van der Waals surface area contributed by atoms with Crippen LogP contribution in [0.15, 0.2) is 65.5 Å². The zero-order valence-corrected chi connectivity index (χ0v) is 19.4. The highest BCUT2D eigenvalue weighted by atomic mass is 16.3. The van der Waals surface area contributed by atoms with E-state index in [4.69, 9.17) is 14.4 Å². The minimum Gasteiger partial charge on any atom is -0.444 e. The van der Waals surface area contributed by atoms with Crippen molar-refractivity contribution in [2.45, 2.75) is 26.8 Å². The molecule has 5 rings (SSSR count). The number of hydrogen-bond acceptors (Lipinski definition) is 8. The van der Waals surface area contributed by atoms with Gasteiger partial charge in [-0.25, -0.2) is 9.97 Å². The van der Waals surface area contributed by atoms with Gasteiger partial charge in [-0.15, -0.1) is 0 Å². The molecule has 0 aliphatic carbocycles. The van der Waals surface area contributed by atoms with Crippen LogP contribution < -0.4 is 10.6 Å². The fraction of sp³-hybridized carbons (Fsp3) is 0.192. The standard InChI is InChI=1S/C26H24N6O3/c1-16(33)19-4-3-5-21(12-19)28-25-22-14-32(17(2)34)11-10-23(22)30-26(31-25)29-20-8-6-18(7-9-20)24-13-27-15-35-24/h3-9,12-13,15H,10-11,14H2,1-2H3,(H2,28,29,30,31). The van der Waals surface area contributed by atoms with Gasteiger partial charge >= 0.3 is 0 Å². The molecular formula is C26H24N6O3. The first kappa shape index (κ1) is 22.3. The van der Waals surface area contributed by atoms with Crippen molar-refractivity contribution in [2.24, 2.45) is 0 Å². The van der Waals surface area contributed by atoms with Crippen molar-refractivity contribution >= 4 is 34.8 Å². The first-order valence-corrected chi connectivity index (χ1v) is 11.3. The fourth-order valence-corrected chi connectivity index (χ4v) is 4.00. The Morgan fingerprint density at radius 2 is 1.83 bits per heavy atom. The summed E-state index contributed by atoms with van der Waals surface area (Å²) in [6.07, 6.45) is 3.69. The fourth-order valence-electron chi connectivity index (χ4n) is 4.00. The third kappa shape index (κ3) is 4.89. The number of benzene rings is 2. The minimum absolute atomic E-state index is 0.00854. The number of carbonyl (C=O) groups is 2. The van der Waals surface area contributed by atoms with Crippen molar-refractivity contribution in [3.63, 3.8) is 0 Å². The largest absolute Gasteiger partial charge is 0.444 e. The molecule has 0 radical (unpaired) electrons. The number of nitrogens with one attached hydrogen (secondary N) is 2. The number of rotatable bonds is 6. The maximum Gasteiger partial charge on any atom is 0.229 e. The zero-order valence-electron chi connectivity index (χ0n) is 19.4. The predicted octanol–water partition coefficient (Wildman–Crippen LogP) is 4.73. The summed E-state index contributed by atoms with van der Waals surface area (Å²) < 4.78 is 5.35. The Morgan fingerprint density at radius 1 is 1.00 bits per heavy atom. The highest BCUT2D eigenvalue weighted by Gasteiger charge is 2.24. The first-order chi connectivity index (χ1) is 17.0. The van der Waals surface area contributed by atoms with E-state index in [2.05, 4.69) is 15.6 Å². The molecule has 35 heavy (non-hydrogen) atoms. The summed E-state index contributed by atoms with van der Waals surface area (Å²) in [5.41, 5.74) is 4.82. The van der Waals surface area contributed by atoms with Crippen LogP contribution in [0.4, 0.5) is 23.1 Å². The molecule has 1 amide bonds. The van der Waals surface area contributed by atoms with Crippen LogP contribution in [0.3, 0.4) is 0 Å². The number of carbonyl (C=O) groups excluding carboxylic acids is 2. The molecule has 1 aliphatic heterocycles. The van der Waals surface area contributed by atoms with E-state index < -0.39 is 0 Å². The van der Waals surface area contributed by atoms with E-state index in [0.717, 1.165) is 28.2 Å². The number of fused-ring (bicyclic) bond motifs is 1. The molecule has 0 fully saturated rings. The monoisotopic (exact) mass is 468 g/mol. The van der Waals surface area contributed by atoms with E-state index in [1.54, 1.807) is 30.2 Å². The van der Waals surface area contributed by atoms with Gasteiger partial charge in [0.05, 0.1) is 18.4 Å². The smallest absolute Gasteiger partial charge is 0.229 e. The van der Waals surface area contributed by atoms with Gasteiger partial charge < -0.3 is 20.0 Å². The van der Waals surface area contributed by atoms with Crippen LogP contribution in [-0.4, -0.2) is 38.1 Å². The van der Waals surface area contributed by atoms with Gasteiger partial charge in [0.1, 0.15) is 5.82 Å². The van der Waals surface area contributed by atoms with Crippen molar-refractivity contribution in [3.05, 3.63) is 77.9 Å². The molecule has 0 atom stereocenters. The summed E-state index contributed by atoms with van der Waals surface area (Å²) in [6, 6.07) is 15.0. The molecule has 0 saturated heterocycles. The van der Waals surface area contributed by atoms with Crippen LogP contribution in [0.25, 0.3) is 11.3 Å². The van der Waals surface area contributed by atoms with E-state index in [1.807, 2.05) is 36.4 Å². The Morgan fingerprint density at radius 3 is 2.54 bits per heavy atom. The van der Waals surface area contributed by atoms with E-state index in [0.29, 0.717) is 42.6 Å². The van der Waals surface area contributed by atoms with Crippen molar-refractivity contribution in [3.8, 4) is 11.3 Å². The lowest BCUT2D eigenvalue weighted by Gasteiger charge is -2.29. The van der Waals surface area contributed by atoms with Crippen LogP contribution in [0, 0.1) is 0 Å². The van der Waals surface area contributed by atoms with Gasteiger partial charge in [0, 0.05) is 48.0 Å². The first-order valence-electron chi connectivity index (χ1n) is 11.3. The molecular weight excluding hydrogens is 444 g/mol. The van der Waals surface area contributed by atoms with E-state index in [-0.39, 0.29) is 11.7 Å². The molecule has 0 bridgehead atoms. The van der Waals surface area contributed by atoms with Crippen LogP contribution in [-0.2, 0) is 17.8 Å². The molecule has 176 valence electrons. The summed E-state index contributed by atoms with van der Waals surface area (Å²) in [5, 5.41) is 6.61. The number of ketones is 1. The maximum atomic E-state index is 12.0. The zero-order chi connectivity index (χ0) is 24.4. The number of hydrogen-bond donors (Lipinski definition) is 2. The van der Waals surface area contributed by atoms with E-state index in [1.165, 1.54) is 13.3 Å². The second kappa shape index (κ2) is 9.38. The average Bonchev–Trinajstić information content (AvgIpc) is 3.39. The third-order valence-corrected chi connectivity index (χ3v) is 5.90. The number of oxazole rings is 1. The molecule has 0 saturated carbocycles. The Hall–Kier alpha value is -4.53. The number of amides is 1. The number of Topliss-reactive ketones (excluding diaryl/α,β-unsaturated/α-hetero) is 1. The Kier molecular flexibility index (Phi) is 5.97. The number of aromatic nitrogens is 3. The van der Waals surface area contributed by atoms with Gasteiger partial charge in [0.25, 0.3) is 0 Å². The van der Waals surface area contributed by atoms with Crippen LogP contribution in [0.2, 0.25) is 0 Å². The molecule has 0 unspecified atom stereocenters. The summed E-state index contributed by atoms with van der Waals surface area (Å²) in [7, 11) is 0. The molecule has 2 aromatic carbocycles. The molecule has 3 heterocycles. The van der Waals surface area contributed by atoms with Crippen molar-refractivity contribution < 1.29 is 14.0 Å². The molecule has 2 aromatic heterocycles. The van der Waals surface area contributed by atoms with Crippen LogP contribution in [0.5, 0.6) is 0 Å². The van der Waals surface area contributed by atoms with Crippen molar-refractivity contribution in [1.82, 2.24) is 19.9 Å². The van der Waals surface area contributed by atoms with Crippen LogP contribution >= 0.6 is 0 Å². The van der Waals surface area contributed by atoms with Crippen molar-refractivity contribution in [1.29, 1.82) is 0 Å². The van der Waals surface area contributed by atoms with Gasteiger partial charge in [0.15, 0.2) is 17.9 Å². The van der Waals surface area contributed by atoms with Crippen molar-refractivity contribution in [2.75, 3.05) is 17.2 Å². The summed E-state index contributed by atoms with van der Waals surface area (Å²) in [4.78, 5) is 39.1. The average molecular weight is 469 g/mol. The maximum absolute atomic E-state index is 12.0. The summed E-state index contributed by atoms with van der Waals surface area (Å²) in [5.74, 6) is 1.72. The lowest BCUT2D eigenvalue weighted by Crippen LogP contribution is -2.35. The van der Waals surface area contributed by atoms with Gasteiger partial charge in [0.2, 0.25) is 11.9 Å². The lowest BCUT2D eigenvalue weighted by molar-refractivity contribution is -0.129. The molecule has 9 nitrogen and oxygen atoms in total. The highest BCUT2D eigenvalue weighted by molar-refractivity contribution is 5.95. The van der Waals surface area contributed by atoms with Gasteiger partial charge in [-0.05, 0) is 43.3 Å². The SMILES string of the molecule is CC(=O)c1cccc(Nc2nc(Nc3ccc(-c4cnco4)cc3)nc3c2CN(C(C)=O)CC3)c1. The Balaban J connectivity index is 1.47. The lowest BCUT2D eigenvalue weighted by atomic mass is 10.1. The Labute approximate surface area is 202 Å². The normalized spacial score (nSPS) is 12.7. The number of anilines is 4. The number of nitrogens with zero attached hydrogens (tertiary/aromatic N) is 4. The molecule has 4 aromatic rings. The molecule has 9 heteroatoms. The predicted molar refractivity (Wildman–Crippen MR) is 132 cm³/mol. The summed E-state index contributed by atoms with van der Waals surface area (Å²) >= 11 is 0. The second-order valence-corrected chi connectivity index (χ2v) is 8.34. The molecule has 1 aliphatic rings. The quantitative estimate of drug-likeness (QED) is 0.391. The molecule has 0 spiro atoms. The van der Waals surface area contributed by atoms with Gasteiger partial charge in [-0.1, -0.05) is 12.1 Å². The van der Waals surface area contributed by atoms with Gasteiger partial charge in [-0.3, -0.25) is 9.59 Å². The van der Waals surface area contributed by atoms with Crippen LogP contribution in [0.1, 0.15) is 35.5 Å². The van der Waals surface area contributed by atoms with E-state index >= 15 is 0 Å². The summed E-state index contributed by atoms with van der Waals surface area (Å²) in [6.45, 7) is 4.12. The van der Waals surface area contributed by atoms with E-state index in [9.17, 15) is 9.59 Å². The highest BCUT2D eigenvalue weighted by Crippen LogP contribution is 2.29. The minimum atomic E-state index is -0.0164. The molecule has 2 N–H and O–H groups in total. The Bertz CT molecular complexity index is 1380. The second-order valence-electron chi connectivity index (χ2n) is 8.34. The topological polar surface area (TPSA) is 113 Å².